The van der Waals surface area contributed by atoms with E-state index in [4.69, 9.17) is 4.74 Å². The molecule has 0 atom stereocenters. The molecule has 2 aromatic heterocycles. The number of nitrogens with zero attached hydrogens (tertiary/aromatic N) is 1. The zero-order valence-corrected chi connectivity index (χ0v) is 10.4. The summed E-state index contributed by atoms with van der Waals surface area (Å²) in [5, 5.41) is 2.08. The molecule has 0 amide bonds. The Kier molecular flexibility index (Phi) is 3.75. The van der Waals surface area contributed by atoms with Crippen molar-refractivity contribution in [2.45, 2.75) is 6.42 Å². The molecule has 2 nitrogen and oxygen atoms in total. The van der Waals surface area contributed by atoms with Crippen molar-refractivity contribution in [1.82, 2.24) is 4.98 Å². The largest absolute Gasteiger partial charge is 0.490 e. The summed E-state index contributed by atoms with van der Waals surface area (Å²) in [4.78, 5) is 5.43. The predicted molar refractivity (Wildman–Crippen MR) is 65.5 cm³/mol. The van der Waals surface area contributed by atoms with Crippen molar-refractivity contribution in [3.8, 4) is 5.75 Å². The number of hydrogen-bond donors (Lipinski definition) is 0. The van der Waals surface area contributed by atoms with Crippen LogP contribution in [0.2, 0.25) is 0 Å². The molecule has 15 heavy (non-hydrogen) atoms. The van der Waals surface area contributed by atoms with Gasteiger partial charge in [0.1, 0.15) is 4.60 Å². The lowest BCUT2D eigenvalue weighted by Gasteiger charge is -2.05. The molecule has 78 valence electrons. The molecule has 0 fully saturated rings. The van der Waals surface area contributed by atoms with Crippen LogP contribution in [0.5, 0.6) is 5.75 Å². The Morgan fingerprint density at radius 1 is 1.33 bits per heavy atom. The highest BCUT2D eigenvalue weighted by atomic mass is 79.9. The summed E-state index contributed by atoms with van der Waals surface area (Å²) in [6, 6.07) is 7.95. The maximum absolute atomic E-state index is 5.61. The van der Waals surface area contributed by atoms with Crippen LogP contribution in [-0.4, -0.2) is 11.6 Å². The van der Waals surface area contributed by atoms with E-state index in [1.807, 2.05) is 12.1 Å². The molecule has 2 aromatic rings. The van der Waals surface area contributed by atoms with Gasteiger partial charge in [0.15, 0.2) is 5.75 Å². The topological polar surface area (TPSA) is 22.1 Å². The lowest BCUT2D eigenvalue weighted by Crippen LogP contribution is -2.00. The highest BCUT2D eigenvalue weighted by molar-refractivity contribution is 9.10. The van der Waals surface area contributed by atoms with Gasteiger partial charge < -0.3 is 4.74 Å². The molecule has 0 saturated heterocycles. The van der Waals surface area contributed by atoms with Crippen molar-refractivity contribution >= 4 is 27.3 Å². The Morgan fingerprint density at radius 2 is 2.27 bits per heavy atom. The summed E-state index contributed by atoms with van der Waals surface area (Å²) in [6.45, 7) is 0.685. The molecule has 0 aliphatic rings. The zero-order chi connectivity index (χ0) is 10.5. The van der Waals surface area contributed by atoms with E-state index in [2.05, 4.69) is 38.4 Å². The highest BCUT2D eigenvalue weighted by Gasteiger charge is 2.00. The maximum atomic E-state index is 5.61. The van der Waals surface area contributed by atoms with Gasteiger partial charge in [0.2, 0.25) is 0 Å². The van der Waals surface area contributed by atoms with E-state index in [-0.39, 0.29) is 0 Å². The smallest absolute Gasteiger partial charge is 0.152 e. The molecule has 0 bridgehead atoms. The van der Waals surface area contributed by atoms with Gasteiger partial charge in [0.05, 0.1) is 6.61 Å². The van der Waals surface area contributed by atoms with E-state index >= 15 is 0 Å². The van der Waals surface area contributed by atoms with Gasteiger partial charge in [-0.3, -0.25) is 0 Å². The Balaban J connectivity index is 1.86. The second-order valence-corrected chi connectivity index (χ2v) is 4.75. The lowest BCUT2D eigenvalue weighted by molar-refractivity contribution is 0.319. The molecule has 0 aliphatic carbocycles. The van der Waals surface area contributed by atoms with Crippen LogP contribution < -0.4 is 4.74 Å². The average Bonchev–Trinajstić information content (AvgIpc) is 2.74. The molecule has 0 aliphatic heterocycles. The summed E-state index contributed by atoms with van der Waals surface area (Å²) in [7, 11) is 0. The summed E-state index contributed by atoms with van der Waals surface area (Å²) in [6.07, 6.45) is 2.68. The molecule has 2 heterocycles. The summed E-state index contributed by atoms with van der Waals surface area (Å²) >= 11 is 5.10. The molecular weight excluding hydrogens is 274 g/mol. The number of pyridine rings is 1. The molecule has 0 radical (unpaired) electrons. The van der Waals surface area contributed by atoms with Crippen LogP contribution in [0.25, 0.3) is 0 Å². The third-order valence-corrected chi connectivity index (χ3v) is 3.44. The van der Waals surface area contributed by atoms with E-state index in [1.165, 1.54) is 4.88 Å². The van der Waals surface area contributed by atoms with Crippen molar-refractivity contribution in [3.63, 3.8) is 0 Å². The van der Waals surface area contributed by atoms with Crippen molar-refractivity contribution in [1.29, 1.82) is 0 Å². The van der Waals surface area contributed by atoms with E-state index < -0.39 is 0 Å². The summed E-state index contributed by atoms with van der Waals surface area (Å²) < 4.78 is 6.37. The molecule has 0 saturated carbocycles. The Hall–Kier alpha value is -0.870. The SMILES string of the molecule is Brc1ncccc1OCCc1cccs1. The first kappa shape index (κ1) is 10.6. The maximum Gasteiger partial charge on any atom is 0.152 e. The highest BCUT2D eigenvalue weighted by Crippen LogP contribution is 2.21. The van der Waals surface area contributed by atoms with Gasteiger partial charge >= 0.3 is 0 Å². The summed E-state index contributed by atoms with van der Waals surface area (Å²) in [5.41, 5.74) is 0. The fraction of sp³-hybridized carbons (Fsp3) is 0.182. The van der Waals surface area contributed by atoms with Crippen LogP contribution in [0, 0.1) is 0 Å². The number of hydrogen-bond acceptors (Lipinski definition) is 3. The molecule has 2 rings (SSSR count). The fourth-order valence-electron chi connectivity index (χ4n) is 1.20. The van der Waals surface area contributed by atoms with Gasteiger partial charge in [-0.15, -0.1) is 11.3 Å². The fourth-order valence-corrected chi connectivity index (χ4v) is 2.25. The Bertz CT molecular complexity index is 416. The predicted octanol–water partition coefficient (Wildman–Crippen LogP) is 3.53. The van der Waals surface area contributed by atoms with Crippen molar-refractivity contribution in [3.05, 3.63) is 45.3 Å². The summed E-state index contributed by atoms with van der Waals surface area (Å²) in [5.74, 6) is 0.800. The average molecular weight is 284 g/mol. The third kappa shape index (κ3) is 3.04. The third-order valence-electron chi connectivity index (χ3n) is 1.91. The van der Waals surface area contributed by atoms with E-state index in [1.54, 1.807) is 17.5 Å². The minimum Gasteiger partial charge on any atom is -0.490 e. The molecule has 0 aromatic carbocycles. The van der Waals surface area contributed by atoms with Gasteiger partial charge in [-0.1, -0.05) is 6.07 Å². The first-order valence-corrected chi connectivity index (χ1v) is 6.29. The van der Waals surface area contributed by atoms with E-state index in [0.29, 0.717) is 6.61 Å². The van der Waals surface area contributed by atoms with Crippen LogP contribution in [-0.2, 0) is 6.42 Å². The van der Waals surface area contributed by atoms with Crippen LogP contribution in [0.15, 0.2) is 40.4 Å². The van der Waals surface area contributed by atoms with Gasteiger partial charge in [-0.2, -0.15) is 0 Å². The van der Waals surface area contributed by atoms with Crippen molar-refractivity contribution in [2.75, 3.05) is 6.61 Å². The Morgan fingerprint density at radius 3 is 3.00 bits per heavy atom. The molecule has 0 spiro atoms. The quantitative estimate of drug-likeness (QED) is 0.801. The molecular formula is C11H10BrNOS. The van der Waals surface area contributed by atoms with Crippen LogP contribution in [0.3, 0.4) is 0 Å². The van der Waals surface area contributed by atoms with Crippen molar-refractivity contribution in [2.24, 2.45) is 0 Å². The van der Waals surface area contributed by atoms with E-state index in [0.717, 1.165) is 16.8 Å². The second-order valence-electron chi connectivity index (χ2n) is 2.97. The van der Waals surface area contributed by atoms with Crippen LogP contribution in [0.4, 0.5) is 0 Å². The zero-order valence-electron chi connectivity index (χ0n) is 8.02. The monoisotopic (exact) mass is 283 g/mol. The first-order valence-electron chi connectivity index (χ1n) is 4.62. The molecule has 0 N–H and O–H groups in total. The van der Waals surface area contributed by atoms with Gasteiger partial charge in [0.25, 0.3) is 0 Å². The lowest BCUT2D eigenvalue weighted by atomic mass is 10.3. The van der Waals surface area contributed by atoms with Crippen molar-refractivity contribution < 1.29 is 4.74 Å². The Labute approximate surface area is 101 Å². The van der Waals surface area contributed by atoms with Gasteiger partial charge in [-0.25, -0.2) is 4.98 Å². The first-order chi connectivity index (χ1) is 7.36. The standard InChI is InChI=1S/C11H10BrNOS/c12-11-10(4-1-6-13-11)14-7-5-9-3-2-8-15-9/h1-4,6,8H,5,7H2. The number of aromatic nitrogens is 1. The minimum absolute atomic E-state index is 0.685. The van der Waals surface area contributed by atoms with Gasteiger partial charge in [0, 0.05) is 17.5 Å². The number of rotatable bonds is 4. The number of thiophene rings is 1. The minimum atomic E-state index is 0.685. The number of ether oxygens (including phenoxy) is 1. The number of halogens is 1. The second kappa shape index (κ2) is 5.28. The van der Waals surface area contributed by atoms with Gasteiger partial charge in [-0.05, 0) is 39.5 Å². The van der Waals surface area contributed by atoms with Crippen LogP contribution >= 0.6 is 27.3 Å². The molecule has 4 heteroatoms. The normalized spacial score (nSPS) is 10.2. The van der Waals surface area contributed by atoms with Crippen LogP contribution in [0.1, 0.15) is 4.88 Å². The molecule has 0 unspecified atom stereocenters. The van der Waals surface area contributed by atoms with E-state index in [9.17, 15) is 0 Å².